The number of piperidine rings is 1. The molecule has 0 aliphatic carbocycles. The Hall–Kier alpha value is -2.50. The topological polar surface area (TPSA) is 37.4 Å². The maximum atomic E-state index is 13.4. The normalized spacial score (nSPS) is 15.6. The molecule has 0 aromatic heterocycles. The van der Waals surface area contributed by atoms with Crippen molar-refractivity contribution in [3.8, 4) is 0 Å². The Labute approximate surface area is 221 Å². The fourth-order valence-corrected chi connectivity index (χ4v) is 7.43. The van der Waals surface area contributed by atoms with Gasteiger partial charge in [-0.25, -0.2) is 8.42 Å². The summed E-state index contributed by atoms with van der Waals surface area (Å²) in [5, 5.41) is -5.85. The lowest BCUT2D eigenvalue weighted by atomic mass is 10.2. The Morgan fingerprint density at radius 1 is 0.632 bits per heavy atom. The Morgan fingerprint density at radius 2 is 0.974 bits per heavy atom. The lowest BCUT2D eigenvalue weighted by molar-refractivity contribution is -0.272. The van der Waals surface area contributed by atoms with E-state index in [2.05, 4.69) is 91.0 Å². The molecule has 0 unspecified atom stereocenters. The van der Waals surface area contributed by atoms with Crippen LogP contribution >= 0.6 is 0 Å². The number of benzene rings is 3. The van der Waals surface area contributed by atoms with Gasteiger partial charge in [0.15, 0.2) is 14.7 Å². The third kappa shape index (κ3) is 6.38. The quantitative estimate of drug-likeness (QED) is 0.216. The molecule has 1 fully saturated rings. The van der Waals surface area contributed by atoms with E-state index in [1.54, 1.807) is 0 Å². The van der Waals surface area contributed by atoms with Crippen LogP contribution in [0.3, 0.4) is 0 Å². The first kappa shape index (κ1) is 30.0. The van der Waals surface area contributed by atoms with Crippen molar-refractivity contribution >= 4 is 20.9 Å². The number of nitrogens with zero attached hydrogens (tertiary/aromatic N) is 1. The fraction of sp³-hybridized carbons (Fsp3) is 0.333. The van der Waals surface area contributed by atoms with Crippen LogP contribution in [0.5, 0.6) is 0 Å². The molecule has 206 valence electrons. The first-order valence-electron chi connectivity index (χ1n) is 11.8. The highest BCUT2D eigenvalue weighted by molar-refractivity contribution is 7.97. The van der Waals surface area contributed by atoms with E-state index in [4.69, 9.17) is 0 Å². The van der Waals surface area contributed by atoms with Crippen LogP contribution in [0.25, 0.3) is 0 Å². The maximum Gasteiger partial charge on any atom is 0.427 e. The van der Waals surface area contributed by atoms with Gasteiger partial charge < -0.3 is 0 Å². The molecule has 3 aromatic carbocycles. The van der Waals surface area contributed by atoms with Gasteiger partial charge in [0.1, 0.15) is 0 Å². The molecule has 0 bridgehead atoms. The van der Waals surface area contributed by atoms with Gasteiger partial charge in [0, 0.05) is 20.0 Å². The second kappa shape index (κ2) is 12.1. The molecule has 0 radical (unpaired) electrons. The third-order valence-electron chi connectivity index (χ3n) is 5.83. The summed E-state index contributed by atoms with van der Waals surface area (Å²) in [5.41, 5.74) is 0. The van der Waals surface area contributed by atoms with E-state index in [9.17, 15) is 34.8 Å². The van der Waals surface area contributed by atoms with E-state index >= 15 is 0 Å². The van der Waals surface area contributed by atoms with E-state index in [1.165, 1.54) is 14.7 Å². The average Bonchev–Trinajstić information content (AvgIpc) is 2.91. The van der Waals surface area contributed by atoms with Crippen LogP contribution in [-0.2, 0) is 20.9 Å². The predicted octanol–water partition coefficient (Wildman–Crippen LogP) is 7.47. The van der Waals surface area contributed by atoms with Gasteiger partial charge in [-0.1, -0.05) is 61.0 Å². The van der Waals surface area contributed by atoms with Crippen LogP contribution in [0.2, 0.25) is 0 Å². The summed E-state index contributed by atoms with van der Waals surface area (Å²) in [6, 6.07) is 32.2. The first-order chi connectivity index (χ1) is 17.8. The van der Waals surface area contributed by atoms with Gasteiger partial charge in [0.2, 0.25) is 0 Å². The van der Waals surface area contributed by atoms with Gasteiger partial charge in [-0.05, 0) is 49.2 Å². The van der Waals surface area contributed by atoms with Gasteiger partial charge in [0.05, 0.1) is 10.9 Å². The Bertz CT molecular complexity index is 1160. The molecular formula is C27H28F6NO2S2+. The van der Waals surface area contributed by atoms with E-state index < -0.39 is 34.0 Å². The van der Waals surface area contributed by atoms with Crippen LogP contribution in [0, 0.1) is 0 Å². The fourth-order valence-electron chi connectivity index (χ4n) is 3.76. The van der Waals surface area contributed by atoms with Gasteiger partial charge in [0.25, 0.3) is 10.0 Å². The molecule has 0 N–H and O–H groups in total. The zero-order valence-corrected chi connectivity index (χ0v) is 22.2. The number of rotatable bonds is 7. The van der Waals surface area contributed by atoms with Crippen molar-refractivity contribution in [3.05, 3.63) is 91.0 Å². The molecule has 3 aromatic rings. The molecule has 0 atom stereocenters. The van der Waals surface area contributed by atoms with Gasteiger partial charge in [-0.3, -0.25) is 0 Å². The van der Waals surface area contributed by atoms with Gasteiger partial charge >= 0.3 is 17.1 Å². The Balaban J connectivity index is 0.000000211. The van der Waals surface area contributed by atoms with E-state index in [1.807, 2.05) is 0 Å². The molecule has 38 heavy (non-hydrogen) atoms. The third-order valence-corrected chi connectivity index (χ3v) is 10.0. The Morgan fingerprint density at radius 3 is 1.29 bits per heavy atom. The van der Waals surface area contributed by atoms with Crippen LogP contribution < -0.4 is 0 Å². The molecule has 4 rings (SSSR count). The molecule has 1 heterocycles. The number of alkyl halides is 6. The molecule has 1 aliphatic rings. The highest BCUT2D eigenvalue weighted by Crippen LogP contribution is 2.49. The van der Waals surface area contributed by atoms with Crippen molar-refractivity contribution in [3.63, 3.8) is 0 Å². The zero-order valence-electron chi connectivity index (χ0n) is 20.5. The van der Waals surface area contributed by atoms with Gasteiger partial charge in [-0.2, -0.15) is 30.6 Å². The van der Waals surface area contributed by atoms with E-state index in [0.29, 0.717) is 6.42 Å². The first-order valence-corrected chi connectivity index (χ1v) is 14.5. The number of sulfonamides is 1. The highest BCUT2D eigenvalue weighted by atomic mass is 32.2. The number of halogens is 6. The molecule has 1 saturated heterocycles. The lowest BCUT2D eigenvalue weighted by Crippen LogP contribution is -2.60. The number of hydrogen-bond acceptors (Lipinski definition) is 2. The van der Waals surface area contributed by atoms with Crippen molar-refractivity contribution in [2.45, 2.75) is 58.0 Å². The highest BCUT2D eigenvalue weighted by Gasteiger charge is 2.76. The molecule has 3 nitrogen and oxygen atoms in total. The smallest absolute Gasteiger partial charge is 0.206 e. The van der Waals surface area contributed by atoms with Gasteiger partial charge in [-0.15, -0.1) is 0 Å². The lowest BCUT2D eigenvalue weighted by Gasteiger charge is -2.35. The average molecular weight is 577 g/mol. The van der Waals surface area contributed by atoms with Crippen molar-refractivity contribution in [2.24, 2.45) is 0 Å². The minimum Gasteiger partial charge on any atom is -0.206 e. The van der Waals surface area contributed by atoms with Crippen molar-refractivity contribution < 1.29 is 34.8 Å². The van der Waals surface area contributed by atoms with Crippen molar-refractivity contribution in [2.75, 3.05) is 13.1 Å². The molecule has 0 spiro atoms. The summed E-state index contributed by atoms with van der Waals surface area (Å²) in [6.07, 6.45) is 1.02. The SMILES string of the molecule is CC(F)(F)C(F)(F)C(F)(F)S(=O)(=O)N1CCCCC1.c1ccc([S+](c2ccccc2)c2ccccc2)cc1. The summed E-state index contributed by atoms with van der Waals surface area (Å²) in [4.78, 5) is 4.08. The molecular weight excluding hydrogens is 548 g/mol. The second-order valence-corrected chi connectivity index (χ2v) is 12.7. The zero-order chi connectivity index (χ0) is 28.0. The minimum atomic E-state index is -5.98. The summed E-state index contributed by atoms with van der Waals surface area (Å²) < 4.78 is 101. The summed E-state index contributed by atoms with van der Waals surface area (Å²) >= 11 is 0. The Kier molecular flexibility index (Phi) is 9.59. The minimum absolute atomic E-state index is 0.0146. The van der Waals surface area contributed by atoms with E-state index in [0.717, 1.165) is 0 Å². The molecule has 1 aliphatic heterocycles. The van der Waals surface area contributed by atoms with Crippen LogP contribution in [0.4, 0.5) is 26.3 Å². The monoisotopic (exact) mass is 576 g/mol. The van der Waals surface area contributed by atoms with Crippen molar-refractivity contribution in [1.29, 1.82) is 0 Å². The standard InChI is InChI=1S/C18H15S.C9H13F6NO2S/c1-4-10-16(11-5-1)19(17-12-6-2-7-13-17)18-14-8-3-9-15-18;1-7(10,11)8(12,13)9(14,15)19(17,18)16-5-3-2-4-6-16/h1-15H;2-6H2,1H3/q+1;. The molecule has 0 saturated carbocycles. The number of hydrogen-bond donors (Lipinski definition) is 0. The maximum absolute atomic E-state index is 13.4. The summed E-state index contributed by atoms with van der Waals surface area (Å²) in [6.45, 7) is -1.18. The van der Waals surface area contributed by atoms with Crippen LogP contribution in [0.1, 0.15) is 26.2 Å². The van der Waals surface area contributed by atoms with Crippen LogP contribution in [0.15, 0.2) is 106 Å². The predicted molar refractivity (Wildman–Crippen MR) is 136 cm³/mol. The second-order valence-electron chi connectivity index (χ2n) is 8.69. The summed E-state index contributed by atoms with van der Waals surface area (Å²) in [7, 11) is -5.85. The molecule has 11 heteroatoms. The van der Waals surface area contributed by atoms with Crippen molar-refractivity contribution in [1.82, 2.24) is 4.31 Å². The molecule has 0 amide bonds. The largest absolute Gasteiger partial charge is 0.427 e. The van der Waals surface area contributed by atoms with Crippen LogP contribution in [-0.4, -0.2) is 42.9 Å². The summed E-state index contributed by atoms with van der Waals surface area (Å²) in [5.74, 6) is -11.1. The van der Waals surface area contributed by atoms with E-state index in [-0.39, 0.29) is 41.1 Å².